The predicted molar refractivity (Wildman–Crippen MR) is 83.8 cm³/mol. The maximum absolute atomic E-state index is 6.22. The van der Waals surface area contributed by atoms with Crippen LogP contribution >= 0.6 is 0 Å². The highest BCUT2D eigenvalue weighted by Crippen LogP contribution is 2.37. The molecular weight excluding hydrogens is 248 g/mol. The molecule has 0 aromatic heterocycles. The molecule has 3 rings (SSSR count). The summed E-state index contributed by atoms with van der Waals surface area (Å²) in [6.07, 6.45) is 6.84. The Balaban J connectivity index is 1.55. The molecule has 2 heterocycles. The lowest BCUT2D eigenvalue weighted by Gasteiger charge is -2.45. The number of nitrogens with two attached hydrogens (primary N) is 1. The van der Waals surface area contributed by atoms with Crippen LogP contribution in [0.15, 0.2) is 0 Å². The first-order chi connectivity index (χ1) is 9.63. The highest BCUT2D eigenvalue weighted by molar-refractivity contribution is 5.04. The number of piperidine rings is 1. The van der Waals surface area contributed by atoms with Crippen molar-refractivity contribution in [1.29, 1.82) is 0 Å². The Morgan fingerprint density at radius 1 is 1.10 bits per heavy atom. The summed E-state index contributed by atoms with van der Waals surface area (Å²) in [5.41, 5.74) is 6.52. The van der Waals surface area contributed by atoms with Crippen molar-refractivity contribution in [2.45, 2.75) is 43.7 Å². The van der Waals surface area contributed by atoms with Gasteiger partial charge in [-0.05, 0) is 65.2 Å². The lowest BCUT2D eigenvalue weighted by molar-refractivity contribution is 0.0540. The van der Waals surface area contributed by atoms with Crippen molar-refractivity contribution in [2.75, 3.05) is 53.4 Å². The van der Waals surface area contributed by atoms with Gasteiger partial charge >= 0.3 is 0 Å². The second-order valence-electron chi connectivity index (χ2n) is 7.57. The van der Waals surface area contributed by atoms with Gasteiger partial charge in [-0.2, -0.15) is 0 Å². The highest BCUT2D eigenvalue weighted by atomic mass is 15.3. The van der Waals surface area contributed by atoms with Gasteiger partial charge in [0.1, 0.15) is 0 Å². The zero-order valence-electron chi connectivity index (χ0n) is 13.4. The molecule has 4 heteroatoms. The van der Waals surface area contributed by atoms with Crippen LogP contribution in [0.25, 0.3) is 0 Å². The fraction of sp³-hybridized carbons (Fsp3) is 1.00. The molecule has 20 heavy (non-hydrogen) atoms. The molecule has 116 valence electrons. The second-order valence-corrected chi connectivity index (χ2v) is 7.57. The van der Waals surface area contributed by atoms with Crippen LogP contribution < -0.4 is 5.73 Å². The number of hydrogen-bond donors (Lipinski definition) is 1. The lowest BCUT2D eigenvalue weighted by atomic mass is 9.89. The molecule has 1 saturated carbocycles. The van der Waals surface area contributed by atoms with Gasteiger partial charge in [-0.1, -0.05) is 0 Å². The van der Waals surface area contributed by atoms with Gasteiger partial charge in [-0.15, -0.1) is 0 Å². The van der Waals surface area contributed by atoms with E-state index in [4.69, 9.17) is 5.73 Å². The van der Waals surface area contributed by atoms with Crippen molar-refractivity contribution in [3.63, 3.8) is 0 Å². The zero-order valence-corrected chi connectivity index (χ0v) is 13.4. The van der Waals surface area contributed by atoms with E-state index in [2.05, 4.69) is 28.8 Å². The van der Waals surface area contributed by atoms with Gasteiger partial charge in [0.25, 0.3) is 0 Å². The van der Waals surface area contributed by atoms with E-state index in [1.807, 2.05) is 0 Å². The molecule has 4 nitrogen and oxygen atoms in total. The fourth-order valence-corrected chi connectivity index (χ4v) is 4.30. The number of nitrogens with zero attached hydrogens (tertiary/aromatic N) is 3. The van der Waals surface area contributed by atoms with Gasteiger partial charge in [0.2, 0.25) is 0 Å². The molecule has 0 radical (unpaired) electrons. The largest absolute Gasteiger partial charge is 0.329 e. The monoisotopic (exact) mass is 280 g/mol. The normalized spacial score (nSPS) is 34.2. The summed E-state index contributed by atoms with van der Waals surface area (Å²) in [5, 5.41) is 0. The van der Waals surface area contributed by atoms with Gasteiger partial charge in [0, 0.05) is 37.8 Å². The standard InChI is InChI=1S/C16H32N4/c1-18(2)11-14-5-8-20(9-6-14)16(12-17)7-10-19(13-16)15-3-4-15/h14-15H,3-13,17H2,1-2H3. The smallest absolute Gasteiger partial charge is 0.0470 e. The Kier molecular flexibility index (Phi) is 4.37. The molecule has 0 aromatic rings. The average molecular weight is 280 g/mol. The quantitative estimate of drug-likeness (QED) is 0.809. The highest BCUT2D eigenvalue weighted by Gasteiger charge is 2.46. The molecule has 0 amide bonds. The minimum absolute atomic E-state index is 0.297. The van der Waals surface area contributed by atoms with Crippen LogP contribution in [0.3, 0.4) is 0 Å². The molecule has 0 aromatic carbocycles. The first-order valence-electron chi connectivity index (χ1n) is 8.47. The van der Waals surface area contributed by atoms with Crippen molar-refractivity contribution in [3.05, 3.63) is 0 Å². The van der Waals surface area contributed by atoms with Crippen LogP contribution in [0.1, 0.15) is 32.1 Å². The lowest BCUT2D eigenvalue weighted by Crippen LogP contribution is -2.58. The molecule has 0 spiro atoms. The van der Waals surface area contributed by atoms with Crippen LogP contribution in [0.4, 0.5) is 0 Å². The van der Waals surface area contributed by atoms with Crippen LogP contribution in [-0.4, -0.2) is 79.6 Å². The molecular formula is C16H32N4. The van der Waals surface area contributed by atoms with E-state index in [1.54, 1.807) is 0 Å². The summed E-state index contributed by atoms with van der Waals surface area (Å²) in [6.45, 7) is 7.11. The minimum atomic E-state index is 0.297. The fourth-order valence-electron chi connectivity index (χ4n) is 4.30. The first kappa shape index (κ1) is 14.8. The summed E-state index contributed by atoms with van der Waals surface area (Å²) >= 11 is 0. The van der Waals surface area contributed by atoms with E-state index in [-0.39, 0.29) is 0 Å². The van der Waals surface area contributed by atoms with Crippen molar-refractivity contribution in [2.24, 2.45) is 11.7 Å². The van der Waals surface area contributed by atoms with Crippen molar-refractivity contribution in [1.82, 2.24) is 14.7 Å². The van der Waals surface area contributed by atoms with Gasteiger partial charge in [0.05, 0.1) is 0 Å². The van der Waals surface area contributed by atoms with E-state index in [0.29, 0.717) is 5.54 Å². The maximum Gasteiger partial charge on any atom is 0.0470 e. The number of hydrogen-bond acceptors (Lipinski definition) is 4. The van der Waals surface area contributed by atoms with Crippen LogP contribution in [0.5, 0.6) is 0 Å². The first-order valence-corrected chi connectivity index (χ1v) is 8.47. The van der Waals surface area contributed by atoms with E-state index >= 15 is 0 Å². The van der Waals surface area contributed by atoms with E-state index in [1.165, 1.54) is 64.8 Å². The zero-order chi connectivity index (χ0) is 14.2. The molecule has 0 bridgehead atoms. The van der Waals surface area contributed by atoms with Gasteiger partial charge in [-0.3, -0.25) is 9.80 Å². The summed E-state index contributed by atoms with van der Waals surface area (Å²) in [6, 6.07) is 0.898. The molecule has 1 atom stereocenters. The van der Waals surface area contributed by atoms with Crippen LogP contribution in [0.2, 0.25) is 0 Å². The van der Waals surface area contributed by atoms with Crippen molar-refractivity contribution >= 4 is 0 Å². The Bertz CT molecular complexity index is 320. The molecule has 3 aliphatic rings. The SMILES string of the molecule is CN(C)CC1CCN(C2(CN)CCN(C3CC3)C2)CC1. The van der Waals surface area contributed by atoms with E-state index in [9.17, 15) is 0 Å². The summed E-state index contributed by atoms with van der Waals surface area (Å²) in [5.74, 6) is 0.886. The average Bonchev–Trinajstić information content (AvgIpc) is 3.19. The third kappa shape index (κ3) is 3.03. The Hall–Kier alpha value is -0.160. The molecule has 1 unspecified atom stereocenters. The predicted octanol–water partition coefficient (Wildman–Crippen LogP) is 0.826. The Morgan fingerprint density at radius 2 is 1.80 bits per heavy atom. The molecule has 2 N–H and O–H groups in total. The Labute approximate surface area is 124 Å². The van der Waals surface area contributed by atoms with Crippen molar-refractivity contribution in [3.8, 4) is 0 Å². The summed E-state index contributed by atoms with van der Waals surface area (Å²) in [4.78, 5) is 7.78. The second kappa shape index (κ2) is 5.91. The summed E-state index contributed by atoms with van der Waals surface area (Å²) in [7, 11) is 4.39. The van der Waals surface area contributed by atoms with E-state index < -0.39 is 0 Å². The molecule has 2 aliphatic heterocycles. The number of likely N-dealkylation sites (tertiary alicyclic amines) is 2. The maximum atomic E-state index is 6.22. The van der Waals surface area contributed by atoms with Gasteiger partial charge in [-0.25, -0.2) is 0 Å². The topological polar surface area (TPSA) is 35.7 Å². The van der Waals surface area contributed by atoms with E-state index in [0.717, 1.165) is 18.5 Å². The van der Waals surface area contributed by atoms with Crippen LogP contribution in [0, 0.1) is 5.92 Å². The third-order valence-corrected chi connectivity index (χ3v) is 5.71. The molecule has 2 saturated heterocycles. The third-order valence-electron chi connectivity index (χ3n) is 5.71. The molecule has 1 aliphatic carbocycles. The Morgan fingerprint density at radius 3 is 2.35 bits per heavy atom. The molecule has 3 fully saturated rings. The summed E-state index contributed by atoms with van der Waals surface area (Å²) < 4.78 is 0. The minimum Gasteiger partial charge on any atom is -0.329 e. The van der Waals surface area contributed by atoms with Crippen LogP contribution in [-0.2, 0) is 0 Å². The number of rotatable bonds is 5. The van der Waals surface area contributed by atoms with Crippen molar-refractivity contribution < 1.29 is 0 Å². The van der Waals surface area contributed by atoms with Gasteiger partial charge in [0.15, 0.2) is 0 Å². The van der Waals surface area contributed by atoms with Gasteiger partial charge < -0.3 is 10.6 Å².